The maximum atomic E-state index is 12.4. The van der Waals surface area contributed by atoms with Crippen LogP contribution in [0, 0.1) is 6.92 Å². The Morgan fingerprint density at radius 1 is 0.968 bits per heavy atom. The van der Waals surface area contributed by atoms with E-state index in [0.717, 1.165) is 35.5 Å². The summed E-state index contributed by atoms with van der Waals surface area (Å²) in [5.41, 5.74) is 4.33. The Bertz CT molecular complexity index is 859. The number of rotatable bonds is 7. The van der Waals surface area contributed by atoms with E-state index in [1.54, 1.807) is 0 Å². The van der Waals surface area contributed by atoms with Gasteiger partial charge in [-0.1, -0.05) is 42.0 Å². The molecule has 2 aromatic carbocycles. The number of hydrogen-bond donors (Lipinski definition) is 2. The molecule has 31 heavy (non-hydrogen) atoms. The average Bonchev–Trinajstić information content (AvgIpc) is 2.79. The first-order chi connectivity index (χ1) is 14.9. The predicted molar refractivity (Wildman–Crippen MR) is 122 cm³/mol. The molecule has 166 valence electrons. The molecule has 7 heteroatoms. The van der Waals surface area contributed by atoms with Gasteiger partial charge in [0.05, 0.1) is 19.3 Å². The minimum absolute atomic E-state index is 0.0195. The van der Waals surface area contributed by atoms with Gasteiger partial charge in [0, 0.05) is 46.0 Å². The van der Waals surface area contributed by atoms with Crippen LogP contribution in [0.4, 0.5) is 5.69 Å². The zero-order valence-corrected chi connectivity index (χ0v) is 18.6. The Kier molecular flexibility index (Phi) is 8.03. The smallest absolute Gasteiger partial charge is 0.309 e. The first kappa shape index (κ1) is 22.8. The zero-order chi connectivity index (χ0) is 22.2. The third-order valence-corrected chi connectivity index (χ3v) is 5.52. The predicted octanol–water partition coefficient (Wildman–Crippen LogP) is 1.87. The van der Waals surface area contributed by atoms with Crippen molar-refractivity contribution < 1.29 is 14.3 Å². The maximum Gasteiger partial charge on any atom is 0.309 e. The molecule has 3 rings (SSSR count). The van der Waals surface area contributed by atoms with Gasteiger partial charge >= 0.3 is 11.8 Å². The van der Waals surface area contributed by atoms with Gasteiger partial charge in [-0.3, -0.25) is 14.5 Å². The van der Waals surface area contributed by atoms with E-state index in [0.29, 0.717) is 26.3 Å². The molecule has 1 atom stereocenters. The van der Waals surface area contributed by atoms with Crippen molar-refractivity contribution in [1.82, 2.24) is 15.5 Å². The lowest BCUT2D eigenvalue weighted by Gasteiger charge is -2.35. The monoisotopic (exact) mass is 424 g/mol. The zero-order valence-electron chi connectivity index (χ0n) is 18.6. The van der Waals surface area contributed by atoms with E-state index in [-0.39, 0.29) is 6.04 Å². The minimum atomic E-state index is -0.621. The number of aryl methyl sites for hydroxylation is 1. The number of nitrogens with one attached hydrogen (secondary N) is 2. The second-order valence-electron chi connectivity index (χ2n) is 8.03. The molecule has 0 aromatic heterocycles. The fourth-order valence-corrected chi connectivity index (χ4v) is 3.58. The molecule has 0 spiro atoms. The highest BCUT2D eigenvalue weighted by molar-refractivity contribution is 6.35. The Morgan fingerprint density at radius 2 is 1.58 bits per heavy atom. The van der Waals surface area contributed by atoms with Crippen LogP contribution in [0.5, 0.6) is 0 Å². The van der Waals surface area contributed by atoms with E-state index >= 15 is 0 Å². The van der Waals surface area contributed by atoms with Gasteiger partial charge in [-0.2, -0.15) is 0 Å². The number of carbonyl (C=O) groups is 2. The Balaban J connectivity index is 1.60. The van der Waals surface area contributed by atoms with Crippen molar-refractivity contribution in [3.05, 3.63) is 65.2 Å². The van der Waals surface area contributed by atoms with Crippen LogP contribution in [-0.4, -0.2) is 63.7 Å². The van der Waals surface area contributed by atoms with Crippen molar-refractivity contribution >= 4 is 17.5 Å². The van der Waals surface area contributed by atoms with Gasteiger partial charge < -0.3 is 20.3 Å². The van der Waals surface area contributed by atoms with Crippen LogP contribution in [-0.2, 0) is 20.9 Å². The molecule has 1 aliphatic heterocycles. The first-order valence-electron chi connectivity index (χ1n) is 10.6. The van der Waals surface area contributed by atoms with Crippen molar-refractivity contribution in [3.63, 3.8) is 0 Å². The maximum absolute atomic E-state index is 12.4. The lowest BCUT2D eigenvalue weighted by Crippen LogP contribution is -2.46. The van der Waals surface area contributed by atoms with E-state index in [9.17, 15) is 9.59 Å². The molecular formula is C24H32N4O3. The van der Waals surface area contributed by atoms with Crippen molar-refractivity contribution in [1.29, 1.82) is 0 Å². The minimum Gasteiger partial charge on any atom is -0.379 e. The van der Waals surface area contributed by atoms with Crippen molar-refractivity contribution in [2.24, 2.45) is 0 Å². The van der Waals surface area contributed by atoms with Crippen LogP contribution >= 0.6 is 0 Å². The second-order valence-corrected chi connectivity index (χ2v) is 8.03. The summed E-state index contributed by atoms with van der Waals surface area (Å²) < 4.78 is 5.48. The Morgan fingerprint density at radius 3 is 2.19 bits per heavy atom. The average molecular weight is 425 g/mol. The lowest BCUT2D eigenvalue weighted by molar-refractivity contribution is -0.139. The summed E-state index contributed by atoms with van der Waals surface area (Å²) in [4.78, 5) is 29.0. The van der Waals surface area contributed by atoms with Crippen LogP contribution in [0.15, 0.2) is 48.5 Å². The van der Waals surface area contributed by atoms with Crippen molar-refractivity contribution in [2.45, 2.75) is 19.5 Å². The number of hydrogen-bond acceptors (Lipinski definition) is 5. The molecule has 0 aliphatic carbocycles. The van der Waals surface area contributed by atoms with Gasteiger partial charge in [-0.25, -0.2) is 0 Å². The second kappa shape index (κ2) is 10.9. The van der Waals surface area contributed by atoms with Gasteiger partial charge in [-0.05, 0) is 30.2 Å². The van der Waals surface area contributed by atoms with E-state index in [1.807, 2.05) is 50.2 Å². The molecule has 2 N–H and O–H groups in total. The highest BCUT2D eigenvalue weighted by atomic mass is 16.5. The molecule has 1 saturated heterocycles. The Hall–Kier alpha value is -2.90. The van der Waals surface area contributed by atoms with Gasteiger partial charge in [-0.15, -0.1) is 0 Å². The van der Waals surface area contributed by atoms with E-state index in [2.05, 4.69) is 39.8 Å². The van der Waals surface area contributed by atoms with Gasteiger partial charge in [0.25, 0.3) is 0 Å². The van der Waals surface area contributed by atoms with E-state index in [1.165, 1.54) is 0 Å². The third-order valence-electron chi connectivity index (χ3n) is 5.52. The highest BCUT2D eigenvalue weighted by Crippen LogP contribution is 2.23. The SMILES string of the molecule is Cc1ccc(CNC(=O)C(=O)NCC(c2ccc(N(C)C)cc2)N2CCOCC2)cc1. The van der Waals surface area contributed by atoms with Crippen LogP contribution in [0.25, 0.3) is 0 Å². The summed E-state index contributed by atoms with van der Waals surface area (Å²) in [6.45, 7) is 5.60. The highest BCUT2D eigenvalue weighted by Gasteiger charge is 2.24. The summed E-state index contributed by atoms with van der Waals surface area (Å²) in [5.74, 6) is -1.24. The fourth-order valence-electron chi connectivity index (χ4n) is 3.58. The molecule has 0 radical (unpaired) electrons. The Labute approximate surface area is 184 Å². The van der Waals surface area contributed by atoms with Gasteiger partial charge in [0.15, 0.2) is 0 Å². The molecule has 0 saturated carbocycles. The lowest BCUT2D eigenvalue weighted by atomic mass is 10.0. The number of ether oxygens (including phenoxy) is 1. The topological polar surface area (TPSA) is 73.9 Å². The molecule has 1 unspecified atom stereocenters. The van der Waals surface area contributed by atoms with E-state index in [4.69, 9.17) is 4.74 Å². The number of morpholine rings is 1. The molecule has 2 amide bonds. The largest absolute Gasteiger partial charge is 0.379 e. The quantitative estimate of drug-likeness (QED) is 0.664. The number of benzene rings is 2. The normalized spacial score (nSPS) is 15.2. The molecule has 1 aliphatic rings. The van der Waals surface area contributed by atoms with Crippen LogP contribution < -0.4 is 15.5 Å². The molecule has 1 fully saturated rings. The van der Waals surface area contributed by atoms with Crippen LogP contribution in [0.2, 0.25) is 0 Å². The summed E-state index contributed by atoms with van der Waals surface area (Å²) in [6, 6.07) is 16.1. The number of carbonyl (C=O) groups excluding carboxylic acids is 2. The molecule has 0 bridgehead atoms. The summed E-state index contributed by atoms with van der Waals surface area (Å²) >= 11 is 0. The van der Waals surface area contributed by atoms with E-state index < -0.39 is 11.8 Å². The van der Waals surface area contributed by atoms with Crippen molar-refractivity contribution in [3.8, 4) is 0 Å². The molecule has 7 nitrogen and oxygen atoms in total. The molecule has 1 heterocycles. The molecular weight excluding hydrogens is 392 g/mol. The number of amides is 2. The standard InChI is InChI=1S/C24H32N4O3/c1-18-4-6-19(7-5-18)16-25-23(29)24(30)26-17-22(28-12-14-31-15-13-28)20-8-10-21(11-9-20)27(2)3/h4-11,22H,12-17H2,1-3H3,(H,25,29)(H,26,30). The van der Waals surface area contributed by atoms with Crippen LogP contribution in [0.1, 0.15) is 22.7 Å². The summed E-state index contributed by atoms with van der Waals surface area (Å²) in [6.07, 6.45) is 0. The van der Waals surface area contributed by atoms with Crippen molar-refractivity contribution in [2.75, 3.05) is 51.8 Å². The number of anilines is 1. The van der Waals surface area contributed by atoms with Gasteiger partial charge in [0.1, 0.15) is 0 Å². The summed E-state index contributed by atoms with van der Waals surface area (Å²) in [7, 11) is 4.01. The fraction of sp³-hybridized carbons (Fsp3) is 0.417. The molecule has 2 aromatic rings. The van der Waals surface area contributed by atoms with Gasteiger partial charge in [0.2, 0.25) is 0 Å². The number of nitrogens with zero attached hydrogens (tertiary/aromatic N) is 2. The first-order valence-corrected chi connectivity index (χ1v) is 10.6. The third kappa shape index (κ3) is 6.54. The van der Waals surface area contributed by atoms with Crippen LogP contribution in [0.3, 0.4) is 0 Å². The summed E-state index contributed by atoms with van der Waals surface area (Å²) in [5, 5.41) is 5.51.